The maximum absolute atomic E-state index is 12.3. The molecular weight excluding hydrogens is 255 g/mol. The lowest BCUT2D eigenvalue weighted by molar-refractivity contribution is -0.141. The van der Waals surface area contributed by atoms with Crippen molar-refractivity contribution >= 4 is 17.7 Å². The number of aromatic nitrogens is 1. The zero-order valence-electron chi connectivity index (χ0n) is 8.95. The van der Waals surface area contributed by atoms with Crippen LogP contribution in [0.25, 0.3) is 0 Å². The van der Waals surface area contributed by atoms with Crippen LogP contribution in [0.5, 0.6) is 0 Å². The predicted octanol–water partition coefficient (Wildman–Crippen LogP) is 2.76. The van der Waals surface area contributed by atoms with Gasteiger partial charge in [0.15, 0.2) is 0 Å². The Balaban J connectivity index is 2.58. The third kappa shape index (κ3) is 4.64. The summed E-state index contributed by atoms with van der Waals surface area (Å²) in [4.78, 5) is 14.5. The topological polar surface area (TPSA) is 39.2 Å². The van der Waals surface area contributed by atoms with E-state index >= 15 is 0 Å². The zero-order valence-corrected chi connectivity index (χ0v) is 9.77. The number of rotatable bonds is 4. The molecule has 0 spiro atoms. The lowest BCUT2D eigenvalue weighted by Gasteiger charge is -2.07. The van der Waals surface area contributed by atoms with Gasteiger partial charge in [-0.1, -0.05) is 0 Å². The highest BCUT2D eigenvalue weighted by Crippen LogP contribution is 2.30. The van der Waals surface area contributed by atoms with Gasteiger partial charge in [0.1, 0.15) is 5.69 Å². The van der Waals surface area contributed by atoms with Crippen molar-refractivity contribution in [1.29, 1.82) is 0 Å². The van der Waals surface area contributed by atoms with Crippen molar-refractivity contribution < 1.29 is 22.7 Å². The Bertz CT molecular complexity index is 395. The van der Waals surface area contributed by atoms with Crippen LogP contribution in [0.3, 0.4) is 0 Å². The van der Waals surface area contributed by atoms with Gasteiger partial charge in [-0.25, -0.2) is 0 Å². The number of hydrogen-bond acceptors (Lipinski definition) is 4. The molecule has 0 fully saturated rings. The molecular formula is C10H10F3NO2S. The molecule has 0 aliphatic heterocycles. The smallest absolute Gasteiger partial charge is 0.433 e. The molecule has 1 heterocycles. The summed E-state index contributed by atoms with van der Waals surface area (Å²) >= 11 is 1.15. The van der Waals surface area contributed by atoms with Crippen molar-refractivity contribution in [3.8, 4) is 0 Å². The van der Waals surface area contributed by atoms with Crippen molar-refractivity contribution in [1.82, 2.24) is 4.98 Å². The van der Waals surface area contributed by atoms with Gasteiger partial charge in [-0.05, 0) is 12.1 Å². The fourth-order valence-electron chi connectivity index (χ4n) is 1.01. The van der Waals surface area contributed by atoms with E-state index < -0.39 is 11.9 Å². The standard InChI is InChI=1S/C10H10F3NO2S/c1-16-9(15)3-5-17-7-2-4-14-8(6-7)10(11,12)13/h2,4,6H,3,5H2,1H3. The normalized spacial score (nSPS) is 11.3. The molecule has 7 heteroatoms. The number of halogens is 3. The maximum atomic E-state index is 12.3. The number of esters is 1. The minimum Gasteiger partial charge on any atom is -0.469 e. The second-order valence-corrected chi connectivity index (χ2v) is 4.22. The van der Waals surface area contributed by atoms with E-state index in [4.69, 9.17) is 0 Å². The first kappa shape index (κ1) is 13.8. The van der Waals surface area contributed by atoms with Crippen molar-refractivity contribution in [2.45, 2.75) is 17.5 Å². The Labute approximate surface area is 100 Å². The molecule has 17 heavy (non-hydrogen) atoms. The van der Waals surface area contributed by atoms with Crippen LogP contribution >= 0.6 is 11.8 Å². The summed E-state index contributed by atoms with van der Waals surface area (Å²) in [7, 11) is 1.27. The van der Waals surface area contributed by atoms with E-state index in [9.17, 15) is 18.0 Å². The van der Waals surface area contributed by atoms with Crippen molar-refractivity contribution in [3.05, 3.63) is 24.0 Å². The van der Waals surface area contributed by atoms with Gasteiger partial charge < -0.3 is 4.74 Å². The SMILES string of the molecule is COC(=O)CCSc1ccnc(C(F)(F)F)c1. The Morgan fingerprint density at radius 1 is 1.53 bits per heavy atom. The summed E-state index contributed by atoms with van der Waals surface area (Å²) in [6.45, 7) is 0. The number of methoxy groups -OCH3 is 1. The number of alkyl halides is 3. The van der Waals surface area contributed by atoms with Gasteiger partial charge in [0.25, 0.3) is 0 Å². The second-order valence-electron chi connectivity index (χ2n) is 3.05. The summed E-state index contributed by atoms with van der Waals surface area (Å²) in [5.74, 6) is -0.0174. The van der Waals surface area contributed by atoms with E-state index in [1.54, 1.807) is 0 Å². The number of nitrogens with zero attached hydrogens (tertiary/aromatic N) is 1. The highest BCUT2D eigenvalue weighted by atomic mass is 32.2. The summed E-state index contributed by atoms with van der Waals surface area (Å²) in [5, 5.41) is 0. The average molecular weight is 265 g/mol. The molecule has 0 unspecified atom stereocenters. The van der Waals surface area contributed by atoms with Gasteiger partial charge >= 0.3 is 12.1 Å². The van der Waals surface area contributed by atoms with E-state index in [-0.39, 0.29) is 12.4 Å². The first-order valence-corrected chi connectivity index (χ1v) is 5.65. The Morgan fingerprint density at radius 2 is 2.24 bits per heavy atom. The Hall–Kier alpha value is -1.24. The Kier molecular flexibility index (Phi) is 4.80. The average Bonchev–Trinajstić information content (AvgIpc) is 2.28. The molecule has 0 bridgehead atoms. The Morgan fingerprint density at radius 3 is 2.82 bits per heavy atom. The number of carbonyl (C=O) groups excluding carboxylic acids is 1. The third-order valence-electron chi connectivity index (χ3n) is 1.82. The van der Waals surface area contributed by atoms with E-state index in [0.717, 1.165) is 24.0 Å². The van der Waals surface area contributed by atoms with Crippen molar-refractivity contribution in [2.24, 2.45) is 0 Å². The lowest BCUT2D eigenvalue weighted by Crippen LogP contribution is -2.07. The highest BCUT2D eigenvalue weighted by Gasteiger charge is 2.32. The molecule has 0 saturated carbocycles. The van der Waals surface area contributed by atoms with Crippen molar-refractivity contribution in [3.63, 3.8) is 0 Å². The van der Waals surface area contributed by atoms with Gasteiger partial charge in [-0.15, -0.1) is 11.8 Å². The lowest BCUT2D eigenvalue weighted by atomic mass is 10.3. The first-order chi connectivity index (χ1) is 7.93. The van der Waals surface area contributed by atoms with Crippen LogP contribution < -0.4 is 0 Å². The van der Waals surface area contributed by atoms with Crippen LogP contribution in [0.1, 0.15) is 12.1 Å². The highest BCUT2D eigenvalue weighted by molar-refractivity contribution is 7.99. The fourth-order valence-corrected chi connectivity index (χ4v) is 1.87. The predicted molar refractivity (Wildman–Crippen MR) is 56.6 cm³/mol. The molecule has 1 aromatic rings. The summed E-state index contributed by atoms with van der Waals surface area (Å²) in [5.41, 5.74) is -0.930. The van der Waals surface area contributed by atoms with Crippen LogP contribution in [0.2, 0.25) is 0 Å². The van der Waals surface area contributed by atoms with Gasteiger partial charge in [-0.3, -0.25) is 9.78 Å². The summed E-state index contributed by atoms with van der Waals surface area (Å²) in [6, 6.07) is 2.43. The molecule has 1 rings (SSSR count). The molecule has 0 aromatic carbocycles. The molecule has 0 atom stereocenters. The fraction of sp³-hybridized carbons (Fsp3) is 0.400. The number of carbonyl (C=O) groups is 1. The van der Waals surface area contributed by atoms with Crippen LogP contribution in [-0.2, 0) is 15.7 Å². The molecule has 0 aliphatic rings. The van der Waals surface area contributed by atoms with Crippen LogP contribution in [-0.4, -0.2) is 23.8 Å². The maximum Gasteiger partial charge on any atom is 0.433 e. The summed E-state index contributed by atoms with van der Waals surface area (Å²) in [6.07, 6.45) is -3.19. The summed E-state index contributed by atoms with van der Waals surface area (Å²) < 4.78 is 41.4. The van der Waals surface area contributed by atoms with E-state index in [0.29, 0.717) is 10.6 Å². The first-order valence-electron chi connectivity index (χ1n) is 4.66. The minimum absolute atomic E-state index is 0.158. The number of pyridine rings is 1. The molecule has 94 valence electrons. The molecule has 0 N–H and O–H groups in total. The van der Waals surface area contributed by atoms with E-state index in [1.165, 1.54) is 13.2 Å². The number of ether oxygens (including phenoxy) is 1. The van der Waals surface area contributed by atoms with Gasteiger partial charge in [-0.2, -0.15) is 13.2 Å². The molecule has 0 aliphatic carbocycles. The van der Waals surface area contributed by atoms with Gasteiger partial charge in [0.05, 0.1) is 13.5 Å². The van der Waals surface area contributed by atoms with E-state index in [1.807, 2.05) is 0 Å². The zero-order chi connectivity index (χ0) is 12.9. The number of hydrogen-bond donors (Lipinski definition) is 0. The monoisotopic (exact) mass is 265 g/mol. The second kappa shape index (κ2) is 5.90. The quantitative estimate of drug-likeness (QED) is 0.620. The molecule has 0 radical (unpaired) electrons. The molecule has 0 amide bonds. The molecule has 1 aromatic heterocycles. The van der Waals surface area contributed by atoms with Gasteiger partial charge in [0.2, 0.25) is 0 Å². The van der Waals surface area contributed by atoms with E-state index in [2.05, 4.69) is 9.72 Å². The van der Waals surface area contributed by atoms with Crippen molar-refractivity contribution in [2.75, 3.05) is 12.9 Å². The molecule has 3 nitrogen and oxygen atoms in total. The van der Waals surface area contributed by atoms with Gasteiger partial charge in [0, 0.05) is 16.8 Å². The van der Waals surface area contributed by atoms with Crippen LogP contribution in [0.15, 0.2) is 23.2 Å². The number of thioether (sulfide) groups is 1. The minimum atomic E-state index is -4.45. The third-order valence-corrected chi connectivity index (χ3v) is 2.82. The molecule has 0 saturated heterocycles. The van der Waals surface area contributed by atoms with Crippen LogP contribution in [0, 0.1) is 0 Å². The van der Waals surface area contributed by atoms with Crippen LogP contribution in [0.4, 0.5) is 13.2 Å². The largest absolute Gasteiger partial charge is 0.469 e.